The average molecular weight is 541 g/mol. The largest absolute Gasteiger partial charge is 0.491 e. The van der Waals surface area contributed by atoms with Gasteiger partial charge in [-0.3, -0.25) is 4.79 Å². The van der Waals surface area contributed by atoms with E-state index in [1.54, 1.807) is 12.1 Å². The molecule has 5 rings (SSSR count). The minimum absolute atomic E-state index is 0.0641. The summed E-state index contributed by atoms with van der Waals surface area (Å²) in [6.07, 6.45) is 4.51. The second-order valence-corrected chi connectivity index (χ2v) is 10.4. The molecule has 1 amide bonds. The number of rotatable bonds is 11. The van der Waals surface area contributed by atoms with Crippen molar-refractivity contribution in [3.05, 3.63) is 101 Å². The van der Waals surface area contributed by atoms with Crippen LogP contribution < -0.4 is 20.7 Å². The molecule has 8 nitrogen and oxygen atoms in total. The van der Waals surface area contributed by atoms with E-state index in [4.69, 9.17) is 9.84 Å². The first kappa shape index (κ1) is 27.3. The number of hydrogen-bond acceptors (Lipinski definition) is 6. The number of carbonyl (C=O) groups excluding carboxylic acids is 1. The molecule has 1 saturated heterocycles. The van der Waals surface area contributed by atoms with Crippen molar-refractivity contribution >= 4 is 23.3 Å². The third-order valence-corrected chi connectivity index (χ3v) is 7.62. The van der Waals surface area contributed by atoms with E-state index in [1.165, 1.54) is 24.1 Å². The van der Waals surface area contributed by atoms with Gasteiger partial charge in [-0.25, -0.2) is 4.79 Å². The van der Waals surface area contributed by atoms with Crippen LogP contribution in [0.2, 0.25) is 0 Å². The number of hydrogen-bond donors (Lipinski definition) is 4. The van der Waals surface area contributed by atoms with Crippen LogP contribution in [0.5, 0.6) is 5.75 Å². The van der Waals surface area contributed by atoms with E-state index in [1.807, 2.05) is 54.4 Å². The van der Waals surface area contributed by atoms with E-state index in [2.05, 4.69) is 28.1 Å². The van der Waals surface area contributed by atoms with E-state index in [9.17, 15) is 9.59 Å². The quantitative estimate of drug-likeness (QED) is 0.268. The molecule has 4 N–H and O–H groups in total. The van der Waals surface area contributed by atoms with Gasteiger partial charge in [-0.05, 0) is 92.4 Å². The number of ether oxygens (including phenoxy) is 1. The maximum atomic E-state index is 13.4. The monoisotopic (exact) mass is 540 g/mol. The summed E-state index contributed by atoms with van der Waals surface area (Å²) in [6.45, 7) is 0.980. The van der Waals surface area contributed by atoms with Crippen molar-refractivity contribution in [3.8, 4) is 5.75 Å². The third-order valence-electron chi connectivity index (χ3n) is 7.62. The van der Waals surface area contributed by atoms with Crippen molar-refractivity contribution in [2.75, 3.05) is 30.8 Å². The number of benzene rings is 3. The Balaban J connectivity index is 1.19. The number of allylic oxidation sites excluding steroid dienone is 1. The number of amides is 1. The molecule has 0 aromatic heterocycles. The van der Waals surface area contributed by atoms with Crippen LogP contribution in [0, 0.1) is 0 Å². The molecule has 3 aromatic carbocycles. The molecule has 2 aliphatic rings. The maximum absolute atomic E-state index is 13.4. The number of nitrogens with one attached hydrogen (secondary N) is 3. The van der Waals surface area contributed by atoms with Gasteiger partial charge in [-0.1, -0.05) is 30.3 Å². The number of carboxylic acids is 1. The summed E-state index contributed by atoms with van der Waals surface area (Å²) in [5.74, 6) is 0.721. The van der Waals surface area contributed by atoms with Crippen LogP contribution >= 0.6 is 0 Å². The Morgan fingerprint density at radius 3 is 2.20 bits per heavy atom. The molecule has 0 radical (unpaired) electrons. The number of likely N-dealkylation sites (N-methyl/N-ethyl adjacent to an activating group) is 1. The predicted octanol–water partition coefficient (Wildman–Crippen LogP) is 5.11. The van der Waals surface area contributed by atoms with Crippen LogP contribution in [0.25, 0.3) is 0 Å². The zero-order chi connectivity index (χ0) is 27.9. The Labute approximate surface area is 235 Å². The molecule has 1 saturated carbocycles. The lowest BCUT2D eigenvalue weighted by Gasteiger charge is -2.25. The summed E-state index contributed by atoms with van der Waals surface area (Å²) < 4.78 is 5.94. The van der Waals surface area contributed by atoms with Crippen LogP contribution in [0.3, 0.4) is 0 Å². The smallest absolute Gasteiger partial charge is 0.335 e. The van der Waals surface area contributed by atoms with Gasteiger partial charge >= 0.3 is 5.97 Å². The summed E-state index contributed by atoms with van der Waals surface area (Å²) in [4.78, 5) is 26.4. The average Bonchev–Trinajstić information content (AvgIpc) is 3.36. The van der Waals surface area contributed by atoms with Crippen molar-refractivity contribution < 1.29 is 19.4 Å². The zero-order valence-electron chi connectivity index (χ0n) is 22.7. The second-order valence-electron chi connectivity index (χ2n) is 10.4. The maximum Gasteiger partial charge on any atom is 0.335 e. The molecule has 208 valence electrons. The van der Waals surface area contributed by atoms with Crippen molar-refractivity contribution in [1.29, 1.82) is 0 Å². The van der Waals surface area contributed by atoms with E-state index < -0.39 is 5.97 Å². The standard InChI is InChI=1S/C32H36N4O4/c1-33-27-19-28(21-40-29-16-12-24(13-17-29)32(38)39)36(20-27)30(37)18-22-10-14-26(15-11-22)35-31(23-6-5-7-23)34-25-8-3-2-4-9-25/h2-4,8-17,27-28,33-35H,5-7,18-21H2,1H3,(H,38,39). The van der Waals surface area contributed by atoms with Crippen molar-refractivity contribution in [1.82, 2.24) is 10.2 Å². The normalized spacial score (nSPS) is 18.1. The van der Waals surface area contributed by atoms with Crippen molar-refractivity contribution in [3.63, 3.8) is 0 Å². The first-order chi connectivity index (χ1) is 19.5. The number of likely N-dealkylation sites (tertiary alicyclic amines) is 1. The Hall–Kier alpha value is -4.30. The van der Waals surface area contributed by atoms with Gasteiger partial charge in [-0.15, -0.1) is 0 Å². The number of aromatic carboxylic acids is 1. The fourth-order valence-corrected chi connectivity index (χ4v) is 5.08. The second kappa shape index (κ2) is 12.7. The molecule has 0 spiro atoms. The Bertz CT molecular complexity index is 1330. The van der Waals surface area contributed by atoms with Gasteiger partial charge in [0.1, 0.15) is 18.2 Å². The molecular weight excluding hydrogens is 504 g/mol. The topological polar surface area (TPSA) is 103 Å². The highest BCUT2D eigenvalue weighted by Gasteiger charge is 2.34. The van der Waals surface area contributed by atoms with Crippen LogP contribution in [0.4, 0.5) is 11.4 Å². The minimum Gasteiger partial charge on any atom is -0.491 e. The lowest BCUT2D eigenvalue weighted by Crippen LogP contribution is -2.40. The number of carboxylic acid groups (broad SMARTS) is 1. The number of carbonyl (C=O) groups is 2. The molecule has 40 heavy (non-hydrogen) atoms. The molecule has 1 heterocycles. The van der Waals surface area contributed by atoms with Crippen LogP contribution in [0.1, 0.15) is 41.6 Å². The predicted molar refractivity (Wildman–Crippen MR) is 157 cm³/mol. The number of nitrogens with zero attached hydrogens (tertiary/aromatic N) is 1. The van der Waals surface area contributed by atoms with Crippen LogP contribution in [-0.2, 0) is 11.2 Å². The Morgan fingerprint density at radius 1 is 0.925 bits per heavy atom. The number of anilines is 2. The SMILES string of the molecule is CNC1CC(COc2ccc(C(=O)O)cc2)N(C(=O)Cc2ccc(NC(Nc3ccccc3)=C3CCC3)cc2)C1. The van der Waals surface area contributed by atoms with Crippen LogP contribution in [0.15, 0.2) is 90.3 Å². The van der Waals surface area contributed by atoms with Crippen molar-refractivity contribution in [2.24, 2.45) is 0 Å². The Kier molecular flexibility index (Phi) is 8.66. The van der Waals surface area contributed by atoms with Gasteiger partial charge in [0.15, 0.2) is 0 Å². The van der Waals surface area contributed by atoms with Crippen LogP contribution in [-0.4, -0.2) is 54.2 Å². The van der Waals surface area contributed by atoms with Gasteiger partial charge in [-0.2, -0.15) is 0 Å². The summed E-state index contributed by atoms with van der Waals surface area (Å²) in [6, 6.07) is 24.7. The molecule has 2 unspecified atom stereocenters. The van der Waals surface area contributed by atoms with Gasteiger partial charge in [0.25, 0.3) is 0 Å². The van der Waals surface area contributed by atoms with Crippen molar-refractivity contribution in [2.45, 2.75) is 44.2 Å². The molecule has 0 bridgehead atoms. The fourth-order valence-electron chi connectivity index (χ4n) is 5.08. The molecule has 3 aromatic rings. The van der Waals surface area contributed by atoms with E-state index in [0.29, 0.717) is 25.3 Å². The van der Waals surface area contributed by atoms with E-state index in [-0.39, 0.29) is 23.6 Å². The third kappa shape index (κ3) is 6.82. The summed E-state index contributed by atoms with van der Waals surface area (Å²) in [7, 11) is 1.91. The lowest BCUT2D eigenvalue weighted by atomic mass is 9.92. The highest BCUT2D eigenvalue weighted by atomic mass is 16.5. The highest BCUT2D eigenvalue weighted by molar-refractivity contribution is 5.87. The van der Waals surface area contributed by atoms with E-state index >= 15 is 0 Å². The molecule has 2 atom stereocenters. The molecule has 8 heteroatoms. The molecular formula is C32H36N4O4. The zero-order valence-corrected chi connectivity index (χ0v) is 22.7. The fraction of sp³-hybridized carbons (Fsp3) is 0.312. The minimum atomic E-state index is -0.973. The van der Waals surface area contributed by atoms with Gasteiger partial charge < -0.3 is 30.7 Å². The first-order valence-electron chi connectivity index (χ1n) is 13.8. The first-order valence-corrected chi connectivity index (χ1v) is 13.8. The molecule has 1 aliphatic heterocycles. The van der Waals surface area contributed by atoms with Gasteiger partial charge in [0, 0.05) is 24.0 Å². The summed E-state index contributed by atoms with van der Waals surface area (Å²) >= 11 is 0. The Morgan fingerprint density at radius 2 is 1.60 bits per heavy atom. The highest BCUT2D eigenvalue weighted by Crippen LogP contribution is 2.30. The number of para-hydroxylation sites is 1. The van der Waals surface area contributed by atoms with Gasteiger partial charge in [0.05, 0.1) is 18.0 Å². The van der Waals surface area contributed by atoms with E-state index in [0.717, 1.165) is 42.0 Å². The summed E-state index contributed by atoms with van der Waals surface area (Å²) in [5, 5.41) is 19.4. The lowest BCUT2D eigenvalue weighted by molar-refractivity contribution is -0.131. The van der Waals surface area contributed by atoms with Gasteiger partial charge in [0.2, 0.25) is 5.91 Å². The molecule has 1 aliphatic carbocycles. The molecule has 2 fully saturated rings. The summed E-state index contributed by atoms with van der Waals surface area (Å²) in [5.41, 5.74) is 4.59.